The molecule has 1 atom stereocenters. The molecule has 110 valence electrons. The van der Waals surface area contributed by atoms with Crippen molar-refractivity contribution in [1.82, 2.24) is 4.90 Å². The largest absolute Gasteiger partial charge is 0.444 e. The number of ether oxygens (including phenoxy) is 2. The summed E-state index contributed by atoms with van der Waals surface area (Å²) in [7, 11) is 0. The quantitative estimate of drug-likeness (QED) is 0.786. The highest BCUT2D eigenvalue weighted by atomic mass is 16.6. The van der Waals surface area contributed by atoms with Crippen LogP contribution in [-0.2, 0) is 9.47 Å². The van der Waals surface area contributed by atoms with Gasteiger partial charge in [0, 0.05) is 26.3 Å². The number of hydrogen-bond donors (Lipinski definition) is 1. The molecule has 2 aliphatic heterocycles. The van der Waals surface area contributed by atoms with Gasteiger partial charge in [-0.05, 0) is 51.5 Å². The Bertz CT molecular complexity index is 332. The first-order chi connectivity index (χ1) is 8.86. The van der Waals surface area contributed by atoms with Crippen molar-refractivity contribution in [3.63, 3.8) is 0 Å². The summed E-state index contributed by atoms with van der Waals surface area (Å²) in [5.41, 5.74) is 5.61. The van der Waals surface area contributed by atoms with Crippen molar-refractivity contribution in [1.29, 1.82) is 0 Å². The number of carbonyl (C=O) groups excluding carboxylic acids is 1. The average molecular weight is 270 g/mol. The van der Waals surface area contributed by atoms with Crippen LogP contribution in [0.5, 0.6) is 0 Å². The van der Waals surface area contributed by atoms with E-state index in [1.807, 2.05) is 25.7 Å². The fraction of sp³-hybridized carbons (Fsp3) is 0.929. The van der Waals surface area contributed by atoms with Crippen molar-refractivity contribution in [2.75, 3.05) is 32.8 Å². The van der Waals surface area contributed by atoms with Crippen LogP contribution in [0.3, 0.4) is 0 Å². The van der Waals surface area contributed by atoms with E-state index < -0.39 is 5.60 Å². The Morgan fingerprint density at radius 3 is 2.58 bits per heavy atom. The predicted molar refractivity (Wildman–Crippen MR) is 72.8 cm³/mol. The highest BCUT2D eigenvalue weighted by molar-refractivity contribution is 5.68. The van der Waals surface area contributed by atoms with E-state index in [1.165, 1.54) is 0 Å². The second-order valence-electron chi connectivity index (χ2n) is 6.77. The molecule has 1 amide bonds. The highest BCUT2D eigenvalue weighted by Gasteiger charge is 2.48. The van der Waals surface area contributed by atoms with Gasteiger partial charge in [-0.15, -0.1) is 0 Å². The minimum Gasteiger partial charge on any atom is -0.444 e. The first-order valence-electron chi connectivity index (χ1n) is 7.12. The Balaban J connectivity index is 2.04. The molecule has 5 nitrogen and oxygen atoms in total. The van der Waals surface area contributed by atoms with Gasteiger partial charge in [-0.2, -0.15) is 0 Å². The van der Waals surface area contributed by atoms with E-state index in [-0.39, 0.29) is 11.5 Å². The zero-order valence-electron chi connectivity index (χ0n) is 12.3. The summed E-state index contributed by atoms with van der Waals surface area (Å²) < 4.78 is 10.9. The fourth-order valence-corrected chi connectivity index (χ4v) is 3.17. The van der Waals surface area contributed by atoms with Gasteiger partial charge in [0.15, 0.2) is 0 Å². The fourth-order valence-electron chi connectivity index (χ4n) is 3.17. The molecule has 0 bridgehead atoms. The smallest absolute Gasteiger partial charge is 0.410 e. The third kappa shape index (κ3) is 3.20. The van der Waals surface area contributed by atoms with E-state index in [4.69, 9.17) is 15.2 Å². The summed E-state index contributed by atoms with van der Waals surface area (Å²) in [5, 5.41) is 0. The number of likely N-dealkylation sites (tertiary alicyclic amines) is 1. The standard InChI is InChI=1S/C14H26N2O3/c1-13(2,3)19-12(17)16-9-11(8-15)14(10-16)4-6-18-7-5-14/h11H,4-10,15H2,1-3H3. The third-order valence-corrected chi connectivity index (χ3v) is 4.24. The summed E-state index contributed by atoms with van der Waals surface area (Å²) in [6.07, 6.45) is 1.77. The van der Waals surface area contributed by atoms with Gasteiger partial charge in [0.25, 0.3) is 0 Å². The highest BCUT2D eigenvalue weighted by Crippen LogP contribution is 2.44. The average Bonchev–Trinajstić information content (AvgIpc) is 2.67. The van der Waals surface area contributed by atoms with Gasteiger partial charge in [0.1, 0.15) is 5.60 Å². The molecule has 0 radical (unpaired) electrons. The Hall–Kier alpha value is -0.810. The molecule has 2 fully saturated rings. The molecule has 1 spiro atoms. The maximum absolute atomic E-state index is 12.2. The molecule has 0 aliphatic carbocycles. The van der Waals surface area contributed by atoms with Crippen molar-refractivity contribution in [2.45, 2.75) is 39.2 Å². The Morgan fingerprint density at radius 2 is 2.05 bits per heavy atom. The van der Waals surface area contributed by atoms with Gasteiger partial charge in [0.2, 0.25) is 0 Å². The molecule has 2 rings (SSSR count). The molecule has 0 aromatic carbocycles. The van der Waals surface area contributed by atoms with Crippen LogP contribution in [-0.4, -0.2) is 49.4 Å². The number of nitrogens with two attached hydrogens (primary N) is 1. The molecule has 0 aromatic rings. The molecule has 2 N–H and O–H groups in total. The number of amides is 1. The Kier molecular flexibility index (Phi) is 4.06. The third-order valence-electron chi connectivity index (χ3n) is 4.24. The molecule has 2 saturated heterocycles. The summed E-state index contributed by atoms with van der Waals surface area (Å²) in [4.78, 5) is 14.0. The van der Waals surface area contributed by atoms with Crippen LogP contribution in [0.1, 0.15) is 33.6 Å². The first kappa shape index (κ1) is 14.6. The number of carbonyl (C=O) groups is 1. The van der Waals surface area contributed by atoms with E-state index in [9.17, 15) is 4.79 Å². The van der Waals surface area contributed by atoms with E-state index in [1.54, 1.807) is 0 Å². The van der Waals surface area contributed by atoms with Gasteiger partial charge in [-0.1, -0.05) is 0 Å². The van der Waals surface area contributed by atoms with Crippen molar-refractivity contribution in [3.05, 3.63) is 0 Å². The number of nitrogens with zero attached hydrogens (tertiary/aromatic N) is 1. The summed E-state index contributed by atoms with van der Waals surface area (Å²) in [6, 6.07) is 0. The lowest BCUT2D eigenvalue weighted by molar-refractivity contribution is -0.00291. The van der Waals surface area contributed by atoms with Crippen LogP contribution >= 0.6 is 0 Å². The minimum atomic E-state index is -0.444. The maximum Gasteiger partial charge on any atom is 0.410 e. The van der Waals surface area contributed by atoms with Crippen LogP contribution in [0.15, 0.2) is 0 Å². The second kappa shape index (κ2) is 5.29. The second-order valence-corrected chi connectivity index (χ2v) is 6.77. The minimum absolute atomic E-state index is 0.143. The van der Waals surface area contributed by atoms with Gasteiger partial charge in [-0.3, -0.25) is 0 Å². The molecule has 2 heterocycles. The number of hydrogen-bond acceptors (Lipinski definition) is 4. The molecular weight excluding hydrogens is 244 g/mol. The van der Waals surface area contributed by atoms with Gasteiger partial charge < -0.3 is 20.1 Å². The lowest BCUT2D eigenvalue weighted by Crippen LogP contribution is -2.40. The predicted octanol–water partition coefficient (Wildman–Crippen LogP) is 1.61. The normalized spacial score (nSPS) is 26.7. The van der Waals surface area contributed by atoms with Gasteiger partial charge in [0.05, 0.1) is 0 Å². The van der Waals surface area contributed by atoms with Crippen molar-refractivity contribution in [2.24, 2.45) is 17.1 Å². The van der Waals surface area contributed by atoms with E-state index >= 15 is 0 Å². The Labute approximate surface area is 115 Å². The molecular formula is C14H26N2O3. The van der Waals surface area contributed by atoms with Crippen molar-refractivity contribution < 1.29 is 14.3 Å². The van der Waals surface area contributed by atoms with E-state index in [2.05, 4.69) is 0 Å². The first-order valence-corrected chi connectivity index (χ1v) is 7.12. The summed E-state index contributed by atoms with van der Waals surface area (Å²) in [6.45, 7) is 9.33. The van der Waals surface area contributed by atoms with Gasteiger partial charge >= 0.3 is 6.09 Å². The lowest BCUT2D eigenvalue weighted by Gasteiger charge is -2.37. The summed E-state index contributed by atoms with van der Waals surface area (Å²) >= 11 is 0. The lowest BCUT2D eigenvalue weighted by atomic mass is 9.72. The zero-order chi connectivity index (χ0) is 14.1. The monoisotopic (exact) mass is 270 g/mol. The molecule has 5 heteroatoms. The maximum atomic E-state index is 12.2. The van der Waals surface area contributed by atoms with Crippen LogP contribution in [0.4, 0.5) is 4.79 Å². The zero-order valence-corrected chi connectivity index (χ0v) is 12.3. The van der Waals surface area contributed by atoms with Crippen LogP contribution in [0.25, 0.3) is 0 Å². The summed E-state index contributed by atoms with van der Waals surface area (Å²) in [5.74, 6) is 0.365. The molecule has 19 heavy (non-hydrogen) atoms. The molecule has 2 aliphatic rings. The topological polar surface area (TPSA) is 64.8 Å². The van der Waals surface area contributed by atoms with Crippen LogP contribution in [0.2, 0.25) is 0 Å². The van der Waals surface area contributed by atoms with Crippen molar-refractivity contribution in [3.8, 4) is 0 Å². The van der Waals surface area contributed by atoms with Crippen molar-refractivity contribution >= 4 is 6.09 Å². The molecule has 0 aromatic heterocycles. The SMILES string of the molecule is CC(C)(C)OC(=O)N1CC(CN)C2(CCOCC2)C1. The van der Waals surface area contributed by atoms with Gasteiger partial charge in [-0.25, -0.2) is 4.79 Å². The molecule has 0 saturated carbocycles. The van der Waals surface area contributed by atoms with Crippen LogP contribution in [0, 0.1) is 11.3 Å². The van der Waals surface area contributed by atoms with E-state index in [0.29, 0.717) is 19.0 Å². The number of rotatable bonds is 1. The van der Waals surface area contributed by atoms with E-state index in [0.717, 1.165) is 32.6 Å². The molecule has 1 unspecified atom stereocenters. The Morgan fingerprint density at radius 1 is 1.42 bits per heavy atom. The van der Waals surface area contributed by atoms with Crippen LogP contribution < -0.4 is 5.73 Å².